The molecule has 1 fully saturated rings. The van der Waals surface area contributed by atoms with Crippen molar-refractivity contribution in [2.75, 3.05) is 13.1 Å². The van der Waals surface area contributed by atoms with Crippen LogP contribution in [0.4, 0.5) is 0 Å². The molecule has 1 heterocycles. The van der Waals surface area contributed by atoms with Crippen molar-refractivity contribution >= 4 is 28.3 Å². The van der Waals surface area contributed by atoms with Gasteiger partial charge in [0, 0.05) is 0 Å². The van der Waals surface area contributed by atoms with E-state index in [2.05, 4.69) is 27.8 Å². The zero-order valence-corrected chi connectivity index (χ0v) is 8.04. The first-order valence-corrected chi connectivity index (χ1v) is 4.10. The van der Waals surface area contributed by atoms with Gasteiger partial charge in [0.25, 0.3) is 0 Å². The molecule has 0 bridgehead atoms. The Labute approximate surface area is 71.3 Å². The van der Waals surface area contributed by atoms with Gasteiger partial charge in [-0.05, 0) is 32.9 Å². The van der Waals surface area contributed by atoms with Crippen LogP contribution >= 0.6 is 28.3 Å². The normalized spacial score (nSPS) is 23.3. The average Bonchev–Trinajstić information content (AvgIpc) is 2.12. The molecule has 1 nitrogen and oxygen atoms in total. The van der Waals surface area contributed by atoms with Crippen LogP contribution in [0.1, 0.15) is 19.8 Å². The molecule has 1 unspecified atom stereocenters. The molecule has 0 radical (unpaired) electrons. The molecule has 0 aliphatic carbocycles. The predicted octanol–water partition coefficient (Wildman–Crippen LogP) is 2.24. The average molecular weight is 215 g/mol. The summed E-state index contributed by atoms with van der Waals surface area (Å²) in [4.78, 5) is 3.03. The van der Waals surface area contributed by atoms with E-state index < -0.39 is 0 Å². The van der Waals surface area contributed by atoms with Crippen molar-refractivity contribution in [1.29, 1.82) is 0 Å². The van der Waals surface area contributed by atoms with E-state index in [-0.39, 0.29) is 12.4 Å². The maximum absolute atomic E-state index is 3.53. The van der Waals surface area contributed by atoms with Crippen LogP contribution in [-0.2, 0) is 0 Å². The molecule has 1 aliphatic rings. The number of hydrogen-bond acceptors (Lipinski definition) is 1. The van der Waals surface area contributed by atoms with Gasteiger partial charge < -0.3 is 0 Å². The van der Waals surface area contributed by atoms with Gasteiger partial charge in [0.15, 0.2) is 0 Å². The molecule has 0 aromatic carbocycles. The second-order valence-corrected chi connectivity index (χ2v) is 3.64. The van der Waals surface area contributed by atoms with E-state index >= 15 is 0 Å². The molecule has 1 atom stereocenters. The van der Waals surface area contributed by atoms with Crippen LogP contribution in [0.15, 0.2) is 0 Å². The fraction of sp³-hybridized carbons (Fsp3) is 1.00. The summed E-state index contributed by atoms with van der Waals surface area (Å²) in [7, 11) is 0. The largest absolute Gasteiger partial charge is 0.291 e. The van der Waals surface area contributed by atoms with Crippen molar-refractivity contribution in [3.05, 3.63) is 0 Å². The summed E-state index contributed by atoms with van der Waals surface area (Å²) in [6, 6.07) is 0. The van der Waals surface area contributed by atoms with E-state index in [1.54, 1.807) is 0 Å². The van der Waals surface area contributed by atoms with Crippen molar-refractivity contribution in [2.24, 2.45) is 0 Å². The first-order valence-electron chi connectivity index (χ1n) is 3.19. The van der Waals surface area contributed by atoms with Crippen LogP contribution in [-0.4, -0.2) is 22.9 Å². The van der Waals surface area contributed by atoms with Crippen molar-refractivity contribution < 1.29 is 0 Å². The molecule has 3 heteroatoms. The van der Waals surface area contributed by atoms with Crippen LogP contribution < -0.4 is 0 Å². The molecule has 1 saturated heterocycles. The highest BCUT2D eigenvalue weighted by molar-refractivity contribution is 9.09. The summed E-state index contributed by atoms with van der Waals surface area (Å²) in [6.07, 6.45) is 2.77. The lowest BCUT2D eigenvalue weighted by Gasteiger charge is -2.16. The Balaban J connectivity index is 0.000000640. The molecule has 1 aliphatic heterocycles. The maximum Gasteiger partial charge on any atom is 0.0627 e. The quantitative estimate of drug-likeness (QED) is 0.478. The Morgan fingerprint density at radius 1 is 1.33 bits per heavy atom. The van der Waals surface area contributed by atoms with Gasteiger partial charge in [-0.2, -0.15) is 0 Å². The topological polar surface area (TPSA) is 3.24 Å². The highest BCUT2D eigenvalue weighted by atomic mass is 79.9. The fourth-order valence-corrected chi connectivity index (χ4v) is 1.51. The first kappa shape index (κ1) is 9.73. The van der Waals surface area contributed by atoms with Gasteiger partial charge in [0.2, 0.25) is 0 Å². The van der Waals surface area contributed by atoms with E-state index in [1.807, 2.05) is 0 Å². The molecule has 56 valence electrons. The zero-order chi connectivity index (χ0) is 5.98. The second kappa shape index (κ2) is 4.53. The van der Waals surface area contributed by atoms with Crippen LogP contribution in [0.2, 0.25) is 0 Å². The Morgan fingerprint density at radius 3 is 2.00 bits per heavy atom. The van der Waals surface area contributed by atoms with Crippen LogP contribution in [0.25, 0.3) is 0 Å². The molecule has 1 rings (SSSR count). The zero-order valence-electron chi connectivity index (χ0n) is 5.64. The Bertz CT molecular complexity index is 71.5. The number of rotatable bonds is 1. The molecule has 9 heavy (non-hydrogen) atoms. The van der Waals surface area contributed by atoms with Crippen molar-refractivity contribution in [1.82, 2.24) is 4.90 Å². The van der Waals surface area contributed by atoms with Gasteiger partial charge >= 0.3 is 0 Å². The van der Waals surface area contributed by atoms with Crippen molar-refractivity contribution in [2.45, 2.75) is 24.7 Å². The number of nitrogens with zero attached hydrogens (tertiary/aromatic N) is 1. The summed E-state index contributed by atoms with van der Waals surface area (Å²) < 4.78 is 0. The van der Waals surface area contributed by atoms with Gasteiger partial charge in [-0.25, -0.2) is 0 Å². The maximum atomic E-state index is 3.53. The lowest BCUT2D eigenvalue weighted by atomic mass is 10.4. The molecule has 0 saturated carbocycles. The minimum atomic E-state index is 0. The predicted molar refractivity (Wildman–Crippen MR) is 46.4 cm³/mol. The summed E-state index contributed by atoms with van der Waals surface area (Å²) in [5.41, 5.74) is 0. The van der Waals surface area contributed by atoms with E-state index in [1.165, 1.54) is 25.9 Å². The monoisotopic (exact) mass is 213 g/mol. The summed E-state index contributed by atoms with van der Waals surface area (Å²) >= 11 is 3.53. The molecular weight excluding hydrogens is 201 g/mol. The van der Waals surface area contributed by atoms with E-state index in [4.69, 9.17) is 0 Å². The standard InChI is InChI=1S/C6H12BrN.ClH/c1-6(7)8-4-2-3-5-8;/h6H,2-5H2,1H3;1H. The summed E-state index contributed by atoms with van der Waals surface area (Å²) in [5.74, 6) is 0. The summed E-state index contributed by atoms with van der Waals surface area (Å²) in [5, 5.41) is 0. The summed E-state index contributed by atoms with van der Waals surface area (Å²) in [6.45, 7) is 4.75. The Morgan fingerprint density at radius 2 is 1.78 bits per heavy atom. The van der Waals surface area contributed by atoms with Crippen LogP contribution in [0.3, 0.4) is 0 Å². The van der Waals surface area contributed by atoms with Gasteiger partial charge in [-0.15, -0.1) is 12.4 Å². The van der Waals surface area contributed by atoms with Gasteiger partial charge in [-0.3, -0.25) is 4.90 Å². The minimum absolute atomic E-state index is 0. The SMILES string of the molecule is CC(Br)N1CCCC1.Cl. The molecule has 0 aromatic heterocycles. The molecular formula is C6H13BrClN. The number of likely N-dealkylation sites (tertiary alicyclic amines) is 1. The molecule has 0 aromatic rings. The van der Waals surface area contributed by atoms with E-state index in [0.29, 0.717) is 4.95 Å². The van der Waals surface area contributed by atoms with Gasteiger partial charge in [-0.1, -0.05) is 15.9 Å². The third-order valence-corrected chi connectivity index (χ3v) is 2.22. The lowest BCUT2D eigenvalue weighted by molar-refractivity contribution is 0.337. The second-order valence-electron chi connectivity index (χ2n) is 2.32. The van der Waals surface area contributed by atoms with Crippen LogP contribution in [0, 0.1) is 0 Å². The van der Waals surface area contributed by atoms with Gasteiger partial charge in [0.1, 0.15) is 0 Å². The number of hydrogen-bond donors (Lipinski definition) is 0. The molecule has 0 amide bonds. The Hall–Kier alpha value is 0.730. The number of alkyl halides is 1. The van der Waals surface area contributed by atoms with Gasteiger partial charge in [0.05, 0.1) is 4.95 Å². The van der Waals surface area contributed by atoms with E-state index in [9.17, 15) is 0 Å². The smallest absolute Gasteiger partial charge is 0.0627 e. The third-order valence-electron chi connectivity index (χ3n) is 1.64. The molecule has 0 N–H and O–H groups in total. The van der Waals surface area contributed by atoms with Crippen molar-refractivity contribution in [3.63, 3.8) is 0 Å². The molecule has 0 spiro atoms. The third kappa shape index (κ3) is 2.87. The highest BCUT2D eigenvalue weighted by Gasteiger charge is 2.14. The lowest BCUT2D eigenvalue weighted by Crippen LogP contribution is -2.24. The first-order chi connectivity index (χ1) is 3.80. The number of halogens is 2. The Kier molecular flexibility index (Phi) is 4.90. The van der Waals surface area contributed by atoms with Crippen LogP contribution in [0.5, 0.6) is 0 Å². The highest BCUT2D eigenvalue weighted by Crippen LogP contribution is 2.14. The van der Waals surface area contributed by atoms with Crippen molar-refractivity contribution in [3.8, 4) is 0 Å². The van der Waals surface area contributed by atoms with E-state index in [0.717, 1.165) is 0 Å². The minimum Gasteiger partial charge on any atom is -0.291 e. The fourth-order valence-electron chi connectivity index (χ4n) is 1.10.